The number of methoxy groups -OCH3 is 1. The van der Waals surface area contributed by atoms with Gasteiger partial charge in [-0.25, -0.2) is 0 Å². The molecule has 2 aliphatic carbocycles. The van der Waals surface area contributed by atoms with Crippen molar-refractivity contribution in [2.24, 2.45) is 17.3 Å². The van der Waals surface area contributed by atoms with Gasteiger partial charge in [-0.05, 0) is 25.7 Å². The number of rotatable bonds is 2. The highest BCUT2D eigenvalue weighted by Crippen LogP contribution is 2.48. The van der Waals surface area contributed by atoms with Gasteiger partial charge < -0.3 is 14.4 Å². The minimum Gasteiger partial charge on any atom is -0.469 e. The van der Waals surface area contributed by atoms with Crippen LogP contribution in [0.3, 0.4) is 0 Å². The molecule has 0 aromatic heterocycles. The monoisotopic (exact) mass is 267 g/mol. The Morgan fingerprint density at radius 2 is 2.00 bits per heavy atom. The van der Waals surface area contributed by atoms with E-state index in [1.54, 1.807) is 0 Å². The molecule has 1 heterocycles. The second-order valence-electron chi connectivity index (χ2n) is 6.13. The fraction of sp³-hybridized carbons (Fsp3) is 0.857. The van der Waals surface area contributed by atoms with Crippen molar-refractivity contribution in [2.45, 2.75) is 25.7 Å². The minimum absolute atomic E-state index is 0.124. The first-order valence-corrected chi connectivity index (χ1v) is 7.10. The second kappa shape index (κ2) is 4.78. The lowest BCUT2D eigenvalue weighted by Crippen LogP contribution is -2.48. The van der Waals surface area contributed by atoms with Crippen LogP contribution in [0, 0.1) is 17.3 Å². The molecule has 0 N–H and O–H groups in total. The van der Waals surface area contributed by atoms with Crippen LogP contribution < -0.4 is 0 Å². The van der Waals surface area contributed by atoms with E-state index in [1.165, 1.54) is 7.11 Å². The van der Waals surface area contributed by atoms with E-state index in [2.05, 4.69) is 0 Å². The van der Waals surface area contributed by atoms with Crippen LogP contribution >= 0.6 is 0 Å². The Hall–Kier alpha value is -1.10. The zero-order valence-electron chi connectivity index (χ0n) is 11.4. The Morgan fingerprint density at radius 1 is 1.26 bits per heavy atom. The number of hydrogen-bond acceptors (Lipinski definition) is 4. The van der Waals surface area contributed by atoms with E-state index in [4.69, 9.17) is 9.47 Å². The summed E-state index contributed by atoms with van der Waals surface area (Å²) in [6.45, 7) is 2.85. The molecule has 0 radical (unpaired) electrons. The van der Waals surface area contributed by atoms with Gasteiger partial charge in [0.05, 0.1) is 32.2 Å². The second-order valence-corrected chi connectivity index (χ2v) is 6.13. The van der Waals surface area contributed by atoms with Crippen molar-refractivity contribution in [1.29, 1.82) is 0 Å². The molecule has 5 nitrogen and oxygen atoms in total. The first kappa shape index (κ1) is 12.9. The first-order valence-electron chi connectivity index (χ1n) is 7.10. The van der Waals surface area contributed by atoms with Crippen LogP contribution in [0.4, 0.5) is 0 Å². The van der Waals surface area contributed by atoms with Crippen LogP contribution in [0.1, 0.15) is 25.7 Å². The zero-order valence-corrected chi connectivity index (χ0v) is 11.4. The maximum atomic E-state index is 12.5. The Labute approximate surface area is 113 Å². The van der Waals surface area contributed by atoms with E-state index in [0.29, 0.717) is 13.2 Å². The fourth-order valence-electron chi connectivity index (χ4n) is 3.12. The van der Waals surface area contributed by atoms with E-state index in [1.807, 2.05) is 4.90 Å². The third kappa shape index (κ3) is 2.36. The van der Waals surface area contributed by atoms with Crippen molar-refractivity contribution >= 4 is 11.9 Å². The molecular weight excluding hydrogens is 246 g/mol. The molecule has 2 unspecified atom stereocenters. The molecule has 5 heteroatoms. The minimum atomic E-state index is -0.239. The molecule has 106 valence electrons. The van der Waals surface area contributed by atoms with E-state index in [0.717, 1.165) is 38.8 Å². The summed E-state index contributed by atoms with van der Waals surface area (Å²) < 4.78 is 10.4. The van der Waals surface area contributed by atoms with Gasteiger partial charge in [0.1, 0.15) is 0 Å². The summed E-state index contributed by atoms with van der Waals surface area (Å²) in [4.78, 5) is 26.0. The lowest BCUT2D eigenvalue weighted by atomic mass is 9.72. The topological polar surface area (TPSA) is 55.8 Å². The van der Waals surface area contributed by atoms with Crippen molar-refractivity contribution < 1.29 is 19.1 Å². The van der Waals surface area contributed by atoms with Gasteiger partial charge in [-0.1, -0.05) is 0 Å². The molecule has 1 aliphatic heterocycles. The van der Waals surface area contributed by atoms with E-state index >= 15 is 0 Å². The lowest BCUT2D eigenvalue weighted by Gasteiger charge is -2.37. The number of esters is 1. The van der Waals surface area contributed by atoms with Gasteiger partial charge >= 0.3 is 5.97 Å². The summed E-state index contributed by atoms with van der Waals surface area (Å²) in [7, 11) is 1.39. The summed E-state index contributed by atoms with van der Waals surface area (Å²) in [5.74, 6) is -0.506. The smallest absolute Gasteiger partial charge is 0.309 e. The number of nitrogens with zero attached hydrogens (tertiary/aromatic N) is 1. The molecule has 0 bridgehead atoms. The molecular formula is C14H21NO4. The number of amides is 1. The molecule has 1 amide bonds. The third-order valence-corrected chi connectivity index (χ3v) is 4.80. The summed E-state index contributed by atoms with van der Waals surface area (Å²) in [6.07, 6.45) is 3.89. The van der Waals surface area contributed by atoms with Gasteiger partial charge in [0, 0.05) is 18.5 Å². The Balaban J connectivity index is 1.64. The number of hydrogen-bond donors (Lipinski definition) is 0. The summed E-state index contributed by atoms with van der Waals surface area (Å²) in [6, 6.07) is 0. The fourth-order valence-corrected chi connectivity index (χ4v) is 3.12. The van der Waals surface area contributed by atoms with E-state index in [-0.39, 0.29) is 29.1 Å². The van der Waals surface area contributed by atoms with Crippen LogP contribution in [0.5, 0.6) is 0 Å². The van der Waals surface area contributed by atoms with Crippen molar-refractivity contribution in [1.82, 2.24) is 4.90 Å². The molecule has 1 saturated heterocycles. The van der Waals surface area contributed by atoms with Crippen molar-refractivity contribution in [2.75, 3.05) is 33.4 Å². The van der Waals surface area contributed by atoms with Gasteiger partial charge in [-0.3, -0.25) is 9.59 Å². The lowest BCUT2D eigenvalue weighted by molar-refractivity contribution is -0.159. The molecule has 2 atom stereocenters. The average Bonchev–Trinajstić information content (AvgIpc) is 3.15. The molecule has 3 aliphatic rings. The van der Waals surface area contributed by atoms with Gasteiger partial charge in [0.25, 0.3) is 0 Å². The predicted octanol–water partition coefficient (Wildman–Crippen LogP) is 0.825. The number of carbonyl (C=O) groups excluding carboxylic acids is 2. The Kier molecular flexibility index (Phi) is 3.25. The average molecular weight is 267 g/mol. The van der Waals surface area contributed by atoms with Crippen molar-refractivity contribution in [3.05, 3.63) is 0 Å². The van der Waals surface area contributed by atoms with Crippen molar-refractivity contribution in [3.8, 4) is 0 Å². The van der Waals surface area contributed by atoms with E-state index in [9.17, 15) is 9.59 Å². The summed E-state index contributed by atoms with van der Waals surface area (Å²) in [5, 5.41) is 0. The van der Waals surface area contributed by atoms with Crippen LogP contribution in [0.2, 0.25) is 0 Å². The SMILES string of the molecule is COC(=O)C1CCC1C(=O)N1CCOCC2(CC2)C1. The standard InChI is InChI=1S/C14H21NO4/c1-18-13(17)11-3-2-10(11)12(16)15-6-7-19-9-14(8-15)4-5-14/h10-11H,2-9H2,1H3. The Bertz CT molecular complexity index is 391. The quantitative estimate of drug-likeness (QED) is 0.695. The van der Waals surface area contributed by atoms with Crippen LogP contribution in [-0.4, -0.2) is 50.2 Å². The van der Waals surface area contributed by atoms with Gasteiger partial charge in [-0.15, -0.1) is 0 Å². The number of carbonyl (C=O) groups is 2. The molecule has 3 rings (SSSR count). The maximum Gasteiger partial charge on any atom is 0.309 e. The Morgan fingerprint density at radius 3 is 2.58 bits per heavy atom. The van der Waals surface area contributed by atoms with Crippen molar-refractivity contribution in [3.63, 3.8) is 0 Å². The number of ether oxygens (including phenoxy) is 2. The van der Waals surface area contributed by atoms with E-state index < -0.39 is 0 Å². The highest BCUT2D eigenvalue weighted by atomic mass is 16.5. The predicted molar refractivity (Wildman–Crippen MR) is 67.3 cm³/mol. The third-order valence-electron chi connectivity index (χ3n) is 4.80. The van der Waals surface area contributed by atoms with Gasteiger partial charge in [0.2, 0.25) is 5.91 Å². The van der Waals surface area contributed by atoms with Crippen LogP contribution in [0.25, 0.3) is 0 Å². The first-order chi connectivity index (χ1) is 9.15. The summed E-state index contributed by atoms with van der Waals surface area (Å²) >= 11 is 0. The molecule has 1 spiro atoms. The van der Waals surface area contributed by atoms with Gasteiger partial charge in [-0.2, -0.15) is 0 Å². The normalized spacial score (nSPS) is 32.4. The highest BCUT2D eigenvalue weighted by molar-refractivity contribution is 5.87. The summed E-state index contributed by atoms with van der Waals surface area (Å²) in [5.41, 5.74) is 0.219. The molecule has 0 aromatic carbocycles. The molecule has 0 aromatic rings. The zero-order chi connectivity index (χ0) is 13.5. The maximum absolute atomic E-state index is 12.5. The van der Waals surface area contributed by atoms with Crippen LogP contribution in [0.15, 0.2) is 0 Å². The van der Waals surface area contributed by atoms with Crippen LogP contribution in [-0.2, 0) is 19.1 Å². The molecule has 19 heavy (non-hydrogen) atoms. The molecule has 2 saturated carbocycles. The largest absolute Gasteiger partial charge is 0.469 e. The highest BCUT2D eigenvalue weighted by Gasteiger charge is 2.49. The van der Waals surface area contributed by atoms with Gasteiger partial charge in [0.15, 0.2) is 0 Å². The molecule has 3 fully saturated rings.